The van der Waals surface area contributed by atoms with Gasteiger partial charge in [-0.05, 0) is 17.7 Å². The number of benzene rings is 2. The number of rotatable bonds is 7. The number of hydrogen-bond acceptors (Lipinski definition) is 6. The Labute approximate surface area is 201 Å². The Hall–Kier alpha value is -4.72. The molecule has 2 aromatic heterocycles. The fourth-order valence-corrected chi connectivity index (χ4v) is 2.93. The minimum Gasteiger partial charge on any atom is -0.467 e. The lowest BCUT2D eigenvalue weighted by molar-refractivity contribution is -0.120. The predicted octanol–water partition coefficient (Wildman–Crippen LogP) is 3.07. The lowest BCUT2D eigenvalue weighted by Crippen LogP contribution is -2.24. The third-order valence-corrected chi connectivity index (χ3v) is 4.64. The molecule has 4 rings (SSSR count). The minimum absolute atomic E-state index is 0.104. The van der Waals surface area contributed by atoms with Crippen LogP contribution in [0, 0.1) is 0 Å². The van der Waals surface area contributed by atoms with E-state index in [2.05, 4.69) is 10.6 Å². The lowest BCUT2D eigenvalue weighted by Gasteiger charge is -2.04. The summed E-state index contributed by atoms with van der Waals surface area (Å²) in [5.74, 6) is 0.579. The maximum atomic E-state index is 11.7. The van der Waals surface area contributed by atoms with Crippen molar-refractivity contribution in [1.29, 1.82) is 0 Å². The van der Waals surface area contributed by atoms with Crippen molar-refractivity contribution in [3.63, 3.8) is 0 Å². The molecule has 0 radical (unpaired) electrons. The third-order valence-electron chi connectivity index (χ3n) is 4.64. The highest BCUT2D eigenvalue weighted by Gasteiger charge is 2.05. The number of amides is 2. The summed E-state index contributed by atoms with van der Waals surface area (Å²) in [4.78, 5) is 45.4. The number of carbonyl (C=O) groups excluding carboxylic acids is 2. The van der Waals surface area contributed by atoms with E-state index in [0.29, 0.717) is 23.5 Å². The van der Waals surface area contributed by atoms with Crippen molar-refractivity contribution in [2.45, 2.75) is 19.5 Å². The van der Waals surface area contributed by atoms with Gasteiger partial charge in [-0.25, -0.2) is 0 Å². The molecule has 2 aromatic carbocycles. The molecule has 8 nitrogen and oxygen atoms in total. The summed E-state index contributed by atoms with van der Waals surface area (Å²) in [6.45, 7) is 0.422. The first kappa shape index (κ1) is 24.9. The van der Waals surface area contributed by atoms with Gasteiger partial charge in [0.05, 0.1) is 32.0 Å². The smallest absolute Gasteiger partial charge is 0.251 e. The standard InChI is InChI=1S/C14H13NO3.C13H11NO3/c16-12-6-7-18-13(9-12)10-15-14(17)8-11-4-2-1-3-5-11;15-11-6-7-17-12(8-11)9-14-13(16)10-4-2-1-3-5-10/h1-7,9H,8,10H2,(H,15,17);1-8H,9H2,(H,14,16). The van der Waals surface area contributed by atoms with E-state index >= 15 is 0 Å². The van der Waals surface area contributed by atoms with Gasteiger partial charge >= 0.3 is 0 Å². The molecule has 0 spiro atoms. The summed E-state index contributed by atoms with van der Waals surface area (Å²) in [5, 5.41) is 5.37. The van der Waals surface area contributed by atoms with Crippen LogP contribution in [0.25, 0.3) is 0 Å². The van der Waals surface area contributed by atoms with Gasteiger partial charge in [-0.2, -0.15) is 0 Å². The molecular weight excluding hydrogens is 448 g/mol. The van der Waals surface area contributed by atoms with Gasteiger partial charge in [0.2, 0.25) is 5.91 Å². The van der Waals surface area contributed by atoms with E-state index < -0.39 is 0 Å². The van der Waals surface area contributed by atoms with Crippen molar-refractivity contribution in [1.82, 2.24) is 10.6 Å². The number of nitrogens with one attached hydrogen (secondary N) is 2. The Kier molecular flexibility index (Phi) is 9.32. The topological polar surface area (TPSA) is 119 Å². The van der Waals surface area contributed by atoms with Crippen molar-refractivity contribution in [2.24, 2.45) is 0 Å². The SMILES string of the molecule is O=C(Cc1ccccc1)NCc1cc(=O)cco1.O=C(NCc1cc(=O)cco1)c1ccccc1. The fraction of sp³-hybridized carbons (Fsp3) is 0.111. The summed E-state index contributed by atoms with van der Waals surface area (Å²) in [7, 11) is 0. The molecule has 0 aliphatic rings. The van der Waals surface area contributed by atoms with Crippen LogP contribution in [-0.4, -0.2) is 11.8 Å². The molecule has 0 aliphatic carbocycles. The first-order valence-electron chi connectivity index (χ1n) is 10.8. The second kappa shape index (κ2) is 13.1. The molecule has 0 unspecified atom stereocenters. The first-order valence-corrected chi connectivity index (χ1v) is 10.8. The van der Waals surface area contributed by atoms with Gasteiger partial charge in [0.15, 0.2) is 10.9 Å². The highest BCUT2D eigenvalue weighted by atomic mass is 16.3. The van der Waals surface area contributed by atoms with E-state index in [1.807, 2.05) is 36.4 Å². The van der Waals surface area contributed by atoms with Gasteiger partial charge < -0.3 is 19.5 Å². The van der Waals surface area contributed by atoms with Crippen LogP contribution in [0.3, 0.4) is 0 Å². The molecule has 0 fully saturated rings. The normalized spacial score (nSPS) is 9.94. The van der Waals surface area contributed by atoms with Crippen LogP contribution in [0.15, 0.2) is 116 Å². The van der Waals surface area contributed by atoms with E-state index in [-0.39, 0.29) is 35.8 Å². The van der Waals surface area contributed by atoms with E-state index in [9.17, 15) is 19.2 Å². The molecule has 8 heteroatoms. The van der Waals surface area contributed by atoms with Gasteiger partial charge in [0, 0.05) is 29.8 Å². The summed E-state index contributed by atoms with van der Waals surface area (Å²) >= 11 is 0. The summed E-state index contributed by atoms with van der Waals surface area (Å²) in [6.07, 6.45) is 2.95. The largest absolute Gasteiger partial charge is 0.467 e. The molecule has 0 atom stereocenters. The lowest BCUT2D eigenvalue weighted by atomic mass is 10.1. The zero-order chi connectivity index (χ0) is 24.9. The van der Waals surface area contributed by atoms with Gasteiger partial charge in [-0.3, -0.25) is 19.2 Å². The Morgan fingerprint density at radius 2 is 1.17 bits per heavy atom. The molecule has 0 saturated heterocycles. The number of carbonyl (C=O) groups is 2. The molecule has 0 saturated carbocycles. The Morgan fingerprint density at radius 1 is 0.657 bits per heavy atom. The Bertz CT molecular complexity index is 1350. The Balaban J connectivity index is 0.000000196. The zero-order valence-corrected chi connectivity index (χ0v) is 18.8. The first-order chi connectivity index (χ1) is 17.0. The summed E-state index contributed by atoms with van der Waals surface area (Å²) in [6, 6.07) is 23.7. The second-order valence-electron chi connectivity index (χ2n) is 7.36. The maximum absolute atomic E-state index is 11.7. The van der Waals surface area contributed by atoms with Crippen molar-refractivity contribution in [3.05, 3.63) is 141 Å². The molecule has 4 aromatic rings. The van der Waals surface area contributed by atoms with Gasteiger partial charge in [-0.15, -0.1) is 0 Å². The zero-order valence-electron chi connectivity index (χ0n) is 18.8. The van der Waals surface area contributed by atoms with Crippen LogP contribution < -0.4 is 21.5 Å². The molecule has 0 aliphatic heterocycles. The van der Waals surface area contributed by atoms with Crippen molar-refractivity contribution in [2.75, 3.05) is 0 Å². The minimum atomic E-state index is -0.197. The maximum Gasteiger partial charge on any atom is 0.251 e. The molecule has 35 heavy (non-hydrogen) atoms. The number of hydrogen-bond donors (Lipinski definition) is 2. The molecule has 0 bridgehead atoms. The molecule has 2 N–H and O–H groups in total. The van der Waals surface area contributed by atoms with Crippen LogP contribution in [0.4, 0.5) is 0 Å². The van der Waals surface area contributed by atoms with Crippen LogP contribution in [0.5, 0.6) is 0 Å². The van der Waals surface area contributed by atoms with Gasteiger partial charge in [0.25, 0.3) is 5.91 Å². The quantitative estimate of drug-likeness (QED) is 0.427. The van der Waals surface area contributed by atoms with Crippen molar-refractivity contribution >= 4 is 11.8 Å². The van der Waals surface area contributed by atoms with Crippen LogP contribution in [0.1, 0.15) is 27.4 Å². The molecule has 2 amide bonds. The average Bonchev–Trinajstić information content (AvgIpc) is 2.88. The monoisotopic (exact) mass is 472 g/mol. The molecule has 178 valence electrons. The van der Waals surface area contributed by atoms with Crippen LogP contribution in [0.2, 0.25) is 0 Å². The third kappa shape index (κ3) is 8.97. The van der Waals surface area contributed by atoms with E-state index in [1.54, 1.807) is 24.3 Å². The second-order valence-corrected chi connectivity index (χ2v) is 7.36. The molecule has 2 heterocycles. The van der Waals surface area contributed by atoms with Gasteiger partial charge in [-0.1, -0.05) is 48.5 Å². The van der Waals surface area contributed by atoms with Crippen molar-refractivity contribution < 1.29 is 18.4 Å². The van der Waals surface area contributed by atoms with E-state index in [4.69, 9.17) is 8.83 Å². The average molecular weight is 472 g/mol. The van der Waals surface area contributed by atoms with Gasteiger partial charge in [0.1, 0.15) is 11.5 Å². The highest BCUT2D eigenvalue weighted by molar-refractivity contribution is 5.94. The molecular formula is C27H24N2O6. The van der Waals surface area contributed by atoms with E-state index in [1.165, 1.54) is 36.8 Å². The fourth-order valence-electron chi connectivity index (χ4n) is 2.93. The van der Waals surface area contributed by atoms with Crippen LogP contribution >= 0.6 is 0 Å². The van der Waals surface area contributed by atoms with E-state index in [0.717, 1.165) is 5.56 Å². The Morgan fingerprint density at radius 3 is 1.71 bits per heavy atom. The highest BCUT2D eigenvalue weighted by Crippen LogP contribution is 2.01. The van der Waals surface area contributed by atoms with Crippen molar-refractivity contribution in [3.8, 4) is 0 Å². The predicted molar refractivity (Wildman–Crippen MR) is 130 cm³/mol. The van der Waals surface area contributed by atoms with Crippen LogP contribution in [-0.2, 0) is 24.3 Å². The summed E-state index contributed by atoms with van der Waals surface area (Å²) < 4.78 is 10.2. The summed E-state index contributed by atoms with van der Waals surface area (Å²) in [5.41, 5.74) is 1.25.